The molecule has 0 amide bonds. The summed E-state index contributed by atoms with van der Waals surface area (Å²) in [7, 11) is 0. The molecule has 0 fully saturated rings. The molecule has 0 aliphatic carbocycles. The first kappa shape index (κ1) is 11.0. The molecule has 1 aromatic heterocycles. The third-order valence-electron chi connectivity index (χ3n) is 1.43. The van der Waals surface area contributed by atoms with Gasteiger partial charge in [-0.2, -0.15) is 0 Å². The molecule has 0 aromatic carbocycles. The average Bonchev–Trinajstić information content (AvgIpc) is 2.38. The number of hydrogen-bond acceptors (Lipinski definition) is 0. The Labute approximate surface area is 79.2 Å². The fourth-order valence-electron chi connectivity index (χ4n) is 0.953. The van der Waals surface area contributed by atoms with Gasteiger partial charge in [0.1, 0.15) is 25.5 Å². The third kappa shape index (κ3) is 2.93. The summed E-state index contributed by atoms with van der Waals surface area (Å²) in [6.45, 7) is 9.05. The van der Waals surface area contributed by atoms with Crippen molar-refractivity contribution in [2.45, 2.75) is 13.1 Å². The Morgan fingerprint density at radius 2 is 2.08 bits per heavy atom. The van der Waals surface area contributed by atoms with Crippen LogP contribution >= 0.6 is 0 Å². The highest BCUT2D eigenvalue weighted by Crippen LogP contribution is 1.84. The molecule has 0 aliphatic rings. The monoisotopic (exact) mass is 184 g/mol. The van der Waals surface area contributed by atoms with E-state index in [2.05, 4.69) is 22.3 Å². The Balaban J connectivity index is 0.00000121. The Morgan fingerprint density at radius 3 is 2.67 bits per heavy atom. The third-order valence-corrected chi connectivity index (χ3v) is 1.43. The van der Waals surface area contributed by atoms with Crippen molar-refractivity contribution in [3.63, 3.8) is 0 Å². The maximum absolute atomic E-state index is 3.66. The first-order valence-electron chi connectivity index (χ1n) is 3.63. The predicted octanol–water partition coefficient (Wildman–Crippen LogP) is -1.85. The van der Waals surface area contributed by atoms with Crippen LogP contribution in [0.15, 0.2) is 44.0 Å². The SMILES string of the molecule is C=CCn1cc[n+](CC=C)c1.[Cl-]. The van der Waals surface area contributed by atoms with Crippen LogP contribution in [0.3, 0.4) is 0 Å². The predicted molar refractivity (Wildman–Crippen MR) is 45.0 cm³/mol. The van der Waals surface area contributed by atoms with Crippen LogP contribution in [0.4, 0.5) is 0 Å². The lowest BCUT2D eigenvalue weighted by Gasteiger charge is -1.86. The minimum atomic E-state index is 0. The molecule has 0 spiro atoms. The summed E-state index contributed by atoms with van der Waals surface area (Å²) in [5, 5.41) is 0. The standard InChI is InChI=1S/C9H13N2.ClH/c1-3-5-10-7-8-11(9-10)6-4-2;/h3-4,7-9H,1-2,5-6H2;1H/q+1;/p-1. The van der Waals surface area contributed by atoms with Gasteiger partial charge in [0.2, 0.25) is 6.33 Å². The second kappa shape index (κ2) is 5.61. The Bertz CT molecular complexity index is 228. The number of halogens is 1. The molecule has 0 saturated carbocycles. The van der Waals surface area contributed by atoms with E-state index in [-0.39, 0.29) is 12.4 Å². The van der Waals surface area contributed by atoms with Gasteiger partial charge >= 0.3 is 0 Å². The fourth-order valence-corrected chi connectivity index (χ4v) is 0.953. The van der Waals surface area contributed by atoms with Crippen LogP contribution in [0.1, 0.15) is 0 Å². The normalized spacial score (nSPS) is 8.67. The molecule has 0 atom stereocenters. The van der Waals surface area contributed by atoms with Gasteiger partial charge in [-0.1, -0.05) is 25.3 Å². The van der Waals surface area contributed by atoms with Gasteiger partial charge in [0.05, 0.1) is 0 Å². The van der Waals surface area contributed by atoms with E-state index >= 15 is 0 Å². The minimum absolute atomic E-state index is 0. The molecule has 1 rings (SSSR count). The molecule has 0 bridgehead atoms. The van der Waals surface area contributed by atoms with E-state index in [1.165, 1.54) is 0 Å². The molecular formula is C9H13ClN2. The van der Waals surface area contributed by atoms with Gasteiger partial charge in [-0.15, -0.1) is 0 Å². The van der Waals surface area contributed by atoms with Gasteiger partial charge in [0.15, 0.2) is 0 Å². The van der Waals surface area contributed by atoms with E-state index in [0.29, 0.717) is 0 Å². The van der Waals surface area contributed by atoms with E-state index in [1.54, 1.807) is 0 Å². The van der Waals surface area contributed by atoms with Crippen LogP contribution in [0.25, 0.3) is 0 Å². The second-order valence-corrected chi connectivity index (χ2v) is 2.38. The van der Waals surface area contributed by atoms with Crippen molar-refractivity contribution in [2.24, 2.45) is 0 Å². The maximum atomic E-state index is 3.66. The lowest BCUT2D eigenvalue weighted by Crippen LogP contribution is -3.00. The summed E-state index contributed by atoms with van der Waals surface area (Å²) >= 11 is 0. The van der Waals surface area contributed by atoms with E-state index < -0.39 is 0 Å². The highest BCUT2D eigenvalue weighted by Gasteiger charge is 1.97. The summed E-state index contributed by atoms with van der Waals surface area (Å²) in [5.41, 5.74) is 0. The number of rotatable bonds is 4. The highest BCUT2D eigenvalue weighted by molar-refractivity contribution is 4.74. The molecule has 2 nitrogen and oxygen atoms in total. The van der Waals surface area contributed by atoms with Crippen molar-refractivity contribution in [1.29, 1.82) is 0 Å². The Morgan fingerprint density at radius 1 is 1.33 bits per heavy atom. The van der Waals surface area contributed by atoms with Crippen LogP contribution in [0, 0.1) is 0 Å². The first-order chi connectivity index (χ1) is 5.36. The fraction of sp³-hybridized carbons (Fsp3) is 0.222. The molecule has 66 valence electrons. The maximum Gasteiger partial charge on any atom is 0.244 e. The summed E-state index contributed by atoms with van der Waals surface area (Å²) < 4.78 is 4.13. The highest BCUT2D eigenvalue weighted by atomic mass is 35.5. The van der Waals surface area contributed by atoms with Crippen molar-refractivity contribution in [2.75, 3.05) is 0 Å². The van der Waals surface area contributed by atoms with Gasteiger partial charge in [-0.25, -0.2) is 9.13 Å². The largest absolute Gasteiger partial charge is 1.00 e. The molecule has 0 radical (unpaired) electrons. The zero-order valence-corrected chi connectivity index (χ0v) is 7.74. The summed E-state index contributed by atoms with van der Waals surface area (Å²) in [6, 6.07) is 0. The van der Waals surface area contributed by atoms with Crippen molar-refractivity contribution >= 4 is 0 Å². The van der Waals surface area contributed by atoms with Crippen molar-refractivity contribution < 1.29 is 17.0 Å². The number of allylic oxidation sites excluding steroid dienone is 2. The molecular weight excluding hydrogens is 172 g/mol. The van der Waals surface area contributed by atoms with Crippen LogP contribution in [0.2, 0.25) is 0 Å². The van der Waals surface area contributed by atoms with E-state index in [0.717, 1.165) is 13.1 Å². The smallest absolute Gasteiger partial charge is 0.244 e. The molecule has 0 unspecified atom stereocenters. The summed E-state index contributed by atoms with van der Waals surface area (Å²) in [4.78, 5) is 0. The van der Waals surface area contributed by atoms with Gasteiger partial charge < -0.3 is 12.4 Å². The molecule has 0 N–H and O–H groups in total. The zero-order chi connectivity index (χ0) is 8.10. The minimum Gasteiger partial charge on any atom is -1.00 e. The number of nitrogens with zero attached hydrogens (tertiary/aromatic N) is 2. The Hall–Kier alpha value is -1.02. The zero-order valence-electron chi connectivity index (χ0n) is 6.99. The van der Waals surface area contributed by atoms with Gasteiger partial charge in [0.25, 0.3) is 0 Å². The Kier molecular flexibility index (Phi) is 5.13. The van der Waals surface area contributed by atoms with E-state index in [1.807, 2.05) is 30.9 Å². The summed E-state index contributed by atoms with van der Waals surface area (Å²) in [6.07, 6.45) is 9.82. The van der Waals surface area contributed by atoms with Crippen LogP contribution < -0.4 is 17.0 Å². The average molecular weight is 185 g/mol. The number of imidazole rings is 1. The number of hydrogen-bond donors (Lipinski definition) is 0. The van der Waals surface area contributed by atoms with Gasteiger partial charge in [-0.05, 0) is 0 Å². The quantitative estimate of drug-likeness (QED) is 0.384. The summed E-state index contributed by atoms with van der Waals surface area (Å²) in [5.74, 6) is 0. The molecule has 1 aromatic rings. The van der Waals surface area contributed by atoms with Gasteiger partial charge in [-0.3, -0.25) is 0 Å². The van der Waals surface area contributed by atoms with Crippen molar-refractivity contribution in [3.05, 3.63) is 44.0 Å². The number of aromatic nitrogens is 2. The molecule has 12 heavy (non-hydrogen) atoms. The topological polar surface area (TPSA) is 8.81 Å². The van der Waals surface area contributed by atoms with Crippen LogP contribution in [-0.2, 0) is 13.1 Å². The van der Waals surface area contributed by atoms with Crippen molar-refractivity contribution in [1.82, 2.24) is 4.57 Å². The molecule has 0 aliphatic heterocycles. The van der Waals surface area contributed by atoms with Crippen LogP contribution in [0.5, 0.6) is 0 Å². The lowest BCUT2D eigenvalue weighted by molar-refractivity contribution is -0.686. The van der Waals surface area contributed by atoms with E-state index in [4.69, 9.17) is 0 Å². The lowest BCUT2D eigenvalue weighted by atomic mass is 10.6. The first-order valence-corrected chi connectivity index (χ1v) is 3.63. The molecule has 3 heteroatoms. The van der Waals surface area contributed by atoms with E-state index in [9.17, 15) is 0 Å². The van der Waals surface area contributed by atoms with Crippen molar-refractivity contribution in [3.8, 4) is 0 Å². The molecule has 0 saturated heterocycles. The van der Waals surface area contributed by atoms with Crippen LogP contribution in [-0.4, -0.2) is 4.57 Å². The van der Waals surface area contributed by atoms with Gasteiger partial charge in [0, 0.05) is 0 Å². The second-order valence-electron chi connectivity index (χ2n) is 2.38. The molecule has 1 heterocycles.